The minimum Gasteiger partial charge on any atom is -0.327 e. The first kappa shape index (κ1) is 12.4. The van der Waals surface area contributed by atoms with Gasteiger partial charge in [0.1, 0.15) is 5.82 Å². The van der Waals surface area contributed by atoms with Crippen LogP contribution in [-0.2, 0) is 12.4 Å². The van der Waals surface area contributed by atoms with E-state index in [-0.39, 0.29) is 0 Å². The van der Waals surface area contributed by atoms with Crippen LogP contribution in [0.15, 0.2) is 18.2 Å². The summed E-state index contributed by atoms with van der Waals surface area (Å²) in [6.45, 7) is 3.17. The van der Waals surface area contributed by atoms with Gasteiger partial charge in [-0.05, 0) is 48.5 Å². The predicted molar refractivity (Wildman–Crippen MR) is 79.5 cm³/mol. The third-order valence-electron chi connectivity index (χ3n) is 3.57. The molecular weight excluding hydrogens is 264 g/mol. The molecule has 1 fully saturated rings. The summed E-state index contributed by atoms with van der Waals surface area (Å²) in [4.78, 5) is 4.66. The third kappa shape index (κ3) is 2.26. The first-order chi connectivity index (χ1) is 8.78. The van der Waals surface area contributed by atoms with Crippen molar-refractivity contribution in [1.82, 2.24) is 9.55 Å². The zero-order valence-electron chi connectivity index (χ0n) is 10.5. The SMILES string of the molecule is Cc1ccc2c(c1)nc(CCl)n2CC1CCSC1. The first-order valence-corrected chi connectivity index (χ1v) is 8.06. The van der Waals surface area contributed by atoms with Crippen molar-refractivity contribution in [3.05, 3.63) is 29.6 Å². The molecule has 0 bridgehead atoms. The average Bonchev–Trinajstić information content (AvgIpc) is 2.97. The number of halogens is 1. The van der Waals surface area contributed by atoms with Gasteiger partial charge in [0.15, 0.2) is 0 Å². The van der Waals surface area contributed by atoms with Gasteiger partial charge in [0.25, 0.3) is 0 Å². The molecule has 1 aromatic carbocycles. The number of thioether (sulfide) groups is 1. The fraction of sp³-hybridized carbons (Fsp3) is 0.500. The van der Waals surface area contributed by atoms with Crippen LogP contribution in [0, 0.1) is 12.8 Å². The highest BCUT2D eigenvalue weighted by Gasteiger charge is 2.19. The Bertz CT molecular complexity index is 558. The summed E-state index contributed by atoms with van der Waals surface area (Å²) in [5.74, 6) is 4.85. The Balaban J connectivity index is 2.01. The number of hydrogen-bond donors (Lipinski definition) is 0. The largest absolute Gasteiger partial charge is 0.327 e. The van der Waals surface area contributed by atoms with E-state index in [1.54, 1.807) is 0 Å². The second-order valence-electron chi connectivity index (χ2n) is 4.99. The highest BCUT2D eigenvalue weighted by Crippen LogP contribution is 2.27. The molecule has 2 aromatic rings. The van der Waals surface area contributed by atoms with Crippen LogP contribution < -0.4 is 0 Å². The maximum atomic E-state index is 6.04. The van der Waals surface area contributed by atoms with Gasteiger partial charge in [-0.15, -0.1) is 11.6 Å². The number of hydrogen-bond acceptors (Lipinski definition) is 2. The van der Waals surface area contributed by atoms with Crippen LogP contribution in [0.3, 0.4) is 0 Å². The van der Waals surface area contributed by atoms with Crippen LogP contribution >= 0.6 is 23.4 Å². The van der Waals surface area contributed by atoms with E-state index < -0.39 is 0 Å². The van der Waals surface area contributed by atoms with Gasteiger partial charge in [0.05, 0.1) is 16.9 Å². The van der Waals surface area contributed by atoms with Crippen molar-refractivity contribution >= 4 is 34.4 Å². The van der Waals surface area contributed by atoms with Crippen LogP contribution in [0.1, 0.15) is 17.8 Å². The standard InChI is InChI=1S/C14H17ClN2S/c1-10-2-3-13-12(6-10)16-14(7-15)17(13)8-11-4-5-18-9-11/h2-3,6,11H,4-5,7-9H2,1H3. The molecule has 1 unspecified atom stereocenters. The van der Waals surface area contributed by atoms with E-state index in [0.717, 1.165) is 23.8 Å². The van der Waals surface area contributed by atoms with Gasteiger partial charge in [-0.25, -0.2) is 4.98 Å². The maximum absolute atomic E-state index is 6.04. The molecule has 0 amide bonds. The molecule has 96 valence electrons. The van der Waals surface area contributed by atoms with Crippen LogP contribution in [0.5, 0.6) is 0 Å². The highest BCUT2D eigenvalue weighted by molar-refractivity contribution is 7.99. The van der Waals surface area contributed by atoms with Crippen LogP contribution in [0.4, 0.5) is 0 Å². The summed E-state index contributed by atoms with van der Waals surface area (Å²) in [6.07, 6.45) is 1.32. The van der Waals surface area contributed by atoms with Crippen LogP contribution in [0.2, 0.25) is 0 Å². The van der Waals surface area contributed by atoms with Crippen molar-refractivity contribution in [3.63, 3.8) is 0 Å². The molecule has 0 saturated carbocycles. The van der Waals surface area contributed by atoms with Gasteiger partial charge in [-0.1, -0.05) is 6.07 Å². The fourth-order valence-corrected chi connectivity index (χ4v) is 4.06. The van der Waals surface area contributed by atoms with Crippen molar-refractivity contribution < 1.29 is 0 Å². The monoisotopic (exact) mass is 280 g/mol. The van der Waals surface area contributed by atoms with E-state index in [0.29, 0.717) is 5.88 Å². The van der Waals surface area contributed by atoms with Crippen molar-refractivity contribution in [2.75, 3.05) is 11.5 Å². The lowest BCUT2D eigenvalue weighted by molar-refractivity contribution is 0.493. The molecule has 1 atom stereocenters. The van der Waals surface area contributed by atoms with Crippen molar-refractivity contribution in [3.8, 4) is 0 Å². The van der Waals surface area contributed by atoms with E-state index in [9.17, 15) is 0 Å². The summed E-state index contributed by atoms with van der Waals surface area (Å²) in [7, 11) is 0. The van der Waals surface area contributed by atoms with Gasteiger partial charge in [0.2, 0.25) is 0 Å². The zero-order chi connectivity index (χ0) is 12.5. The highest BCUT2D eigenvalue weighted by atomic mass is 35.5. The molecule has 4 heteroatoms. The van der Waals surface area contributed by atoms with E-state index in [4.69, 9.17) is 11.6 Å². The van der Waals surface area contributed by atoms with Crippen molar-refractivity contribution in [1.29, 1.82) is 0 Å². The molecular formula is C14H17ClN2S. The number of benzene rings is 1. The van der Waals surface area contributed by atoms with Crippen molar-refractivity contribution in [2.24, 2.45) is 5.92 Å². The molecule has 1 saturated heterocycles. The molecule has 0 aliphatic carbocycles. The van der Waals surface area contributed by atoms with E-state index >= 15 is 0 Å². The Labute approximate surface area is 117 Å². The number of imidazole rings is 1. The van der Waals surface area contributed by atoms with Crippen LogP contribution in [-0.4, -0.2) is 21.1 Å². The zero-order valence-corrected chi connectivity index (χ0v) is 12.1. The molecule has 2 nitrogen and oxygen atoms in total. The normalized spacial score (nSPS) is 19.8. The Hall–Kier alpha value is -0.670. The summed E-state index contributed by atoms with van der Waals surface area (Å²) in [6, 6.07) is 6.48. The molecule has 18 heavy (non-hydrogen) atoms. The lowest BCUT2D eigenvalue weighted by atomic mass is 10.1. The van der Waals surface area contributed by atoms with Gasteiger partial charge < -0.3 is 4.57 Å². The topological polar surface area (TPSA) is 17.8 Å². The Morgan fingerprint density at radius 2 is 2.39 bits per heavy atom. The smallest absolute Gasteiger partial charge is 0.124 e. The molecule has 3 rings (SSSR count). The van der Waals surface area contributed by atoms with Crippen molar-refractivity contribution in [2.45, 2.75) is 25.8 Å². The summed E-state index contributed by atoms with van der Waals surface area (Å²) in [5.41, 5.74) is 3.56. The van der Waals surface area contributed by atoms with E-state index in [1.807, 2.05) is 0 Å². The summed E-state index contributed by atoms with van der Waals surface area (Å²) < 4.78 is 2.32. The minimum atomic E-state index is 0.494. The van der Waals surface area contributed by atoms with Gasteiger partial charge in [-0.3, -0.25) is 0 Å². The number of alkyl halides is 1. The van der Waals surface area contributed by atoms with E-state index in [1.165, 1.54) is 29.0 Å². The van der Waals surface area contributed by atoms with Gasteiger partial charge >= 0.3 is 0 Å². The first-order valence-electron chi connectivity index (χ1n) is 6.37. The lowest BCUT2D eigenvalue weighted by Gasteiger charge is -2.12. The molecule has 1 aliphatic rings. The van der Waals surface area contributed by atoms with Gasteiger partial charge in [0, 0.05) is 6.54 Å². The quantitative estimate of drug-likeness (QED) is 0.795. The predicted octanol–water partition coefficient (Wildman–Crippen LogP) is 3.84. The second-order valence-corrected chi connectivity index (χ2v) is 6.41. The number of rotatable bonds is 3. The lowest BCUT2D eigenvalue weighted by Crippen LogP contribution is -2.12. The average molecular weight is 281 g/mol. The molecule has 0 spiro atoms. The maximum Gasteiger partial charge on any atom is 0.124 e. The number of fused-ring (bicyclic) bond motifs is 1. The Morgan fingerprint density at radius 1 is 1.50 bits per heavy atom. The molecule has 0 N–H and O–H groups in total. The molecule has 1 aliphatic heterocycles. The number of aromatic nitrogens is 2. The van der Waals surface area contributed by atoms with Crippen LogP contribution in [0.25, 0.3) is 11.0 Å². The Morgan fingerprint density at radius 3 is 3.11 bits per heavy atom. The number of nitrogens with zero attached hydrogens (tertiary/aromatic N) is 2. The fourth-order valence-electron chi connectivity index (χ4n) is 2.58. The van der Waals surface area contributed by atoms with E-state index in [2.05, 4.69) is 46.4 Å². The molecule has 1 aromatic heterocycles. The molecule has 0 radical (unpaired) electrons. The summed E-state index contributed by atoms with van der Waals surface area (Å²) in [5, 5.41) is 0. The minimum absolute atomic E-state index is 0.494. The Kier molecular flexibility index (Phi) is 3.53. The second kappa shape index (κ2) is 5.14. The summed E-state index contributed by atoms with van der Waals surface area (Å²) >= 11 is 8.10. The molecule has 2 heterocycles. The van der Waals surface area contributed by atoms with Gasteiger partial charge in [-0.2, -0.15) is 11.8 Å². The third-order valence-corrected chi connectivity index (χ3v) is 5.04. The number of aryl methyl sites for hydroxylation is 1.